The Morgan fingerprint density at radius 2 is 2.00 bits per heavy atom. The van der Waals surface area contributed by atoms with Gasteiger partial charge in [0.1, 0.15) is 0 Å². The first kappa shape index (κ1) is 18.3. The van der Waals surface area contributed by atoms with Gasteiger partial charge >= 0.3 is 27.7 Å². The molecule has 15 heavy (non-hydrogen) atoms. The third-order valence-electron chi connectivity index (χ3n) is 3.05. The molecule has 0 atom stereocenters. The molecule has 0 aliphatic heterocycles. The van der Waals surface area contributed by atoms with E-state index >= 15 is 0 Å². The van der Waals surface area contributed by atoms with Crippen LogP contribution in [0.4, 0.5) is 0 Å². The number of hydrogen-bond donors (Lipinski definition) is 1. The van der Waals surface area contributed by atoms with Crippen molar-refractivity contribution < 1.29 is 45.2 Å². The normalized spacial score (nSPS) is 19.2. The van der Waals surface area contributed by atoms with Crippen LogP contribution in [0.5, 0.6) is 0 Å². The van der Waals surface area contributed by atoms with Crippen molar-refractivity contribution in [1.82, 2.24) is 0 Å². The number of hydrogen-bond acceptors (Lipinski definition) is 1. The topological polar surface area (TPSA) is 20.2 Å². The fraction of sp³-hybridized carbons (Fsp3) is 0.750. The van der Waals surface area contributed by atoms with Gasteiger partial charge in [-0.3, -0.25) is 0 Å². The minimum absolute atomic E-state index is 0. The standard InChI is InChI=1S/C12H21O.ClH.Hg/c1-10-6-4-8-12(2,3)11(10)7-5-9-13;;/h8,13H,4-7,9H2,1-3H3;1H;/q;;+1/p-1. The zero-order valence-corrected chi connectivity index (χ0v) is 16.4. The van der Waals surface area contributed by atoms with Crippen LogP contribution in [0, 0.1) is 11.8 Å². The summed E-state index contributed by atoms with van der Waals surface area (Å²) >= 11 is 0. The second-order valence-corrected chi connectivity index (χ2v) is 4.55. The third kappa shape index (κ3) is 5.19. The molecule has 1 aliphatic rings. The molecule has 0 aromatic heterocycles. The fourth-order valence-electron chi connectivity index (χ4n) is 2.26. The Bertz CT molecular complexity index is 212. The van der Waals surface area contributed by atoms with Gasteiger partial charge in [-0.1, -0.05) is 25.0 Å². The maximum absolute atomic E-state index is 8.82. The summed E-state index contributed by atoms with van der Waals surface area (Å²) in [6.07, 6.45) is 6.80. The van der Waals surface area contributed by atoms with Crippen molar-refractivity contribution in [3.8, 4) is 0 Å². The van der Waals surface area contributed by atoms with Crippen molar-refractivity contribution >= 4 is 0 Å². The Kier molecular flexibility index (Phi) is 9.86. The van der Waals surface area contributed by atoms with E-state index in [0.717, 1.165) is 12.8 Å². The van der Waals surface area contributed by atoms with Crippen molar-refractivity contribution in [2.75, 3.05) is 6.61 Å². The molecule has 2 radical (unpaired) electrons. The maximum Gasteiger partial charge on any atom is 1.00 e. The predicted molar refractivity (Wildman–Crippen MR) is 56.3 cm³/mol. The van der Waals surface area contributed by atoms with E-state index in [4.69, 9.17) is 5.11 Å². The van der Waals surface area contributed by atoms with Crippen LogP contribution in [0.3, 0.4) is 0 Å². The van der Waals surface area contributed by atoms with Crippen LogP contribution in [-0.4, -0.2) is 11.7 Å². The zero-order chi connectivity index (χ0) is 9.90. The molecule has 1 aliphatic carbocycles. The molecule has 1 N–H and O–H groups in total. The predicted octanol–water partition coefficient (Wildman–Crippen LogP) is 0.101. The van der Waals surface area contributed by atoms with E-state index < -0.39 is 0 Å². The third-order valence-corrected chi connectivity index (χ3v) is 3.05. The van der Waals surface area contributed by atoms with Gasteiger partial charge in [0.05, 0.1) is 0 Å². The summed E-state index contributed by atoms with van der Waals surface area (Å²) in [6, 6.07) is 0. The monoisotopic (exact) mass is 418 g/mol. The number of halogens is 1. The Morgan fingerprint density at radius 3 is 2.47 bits per heavy atom. The van der Waals surface area contributed by atoms with Crippen LogP contribution < -0.4 is 12.4 Å². The van der Waals surface area contributed by atoms with Gasteiger partial charge in [-0.25, -0.2) is 0 Å². The summed E-state index contributed by atoms with van der Waals surface area (Å²) in [5.41, 5.74) is 3.35. The van der Waals surface area contributed by atoms with Gasteiger partial charge in [0.2, 0.25) is 0 Å². The molecule has 1 rings (SSSR count). The van der Waals surface area contributed by atoms with Crippen molar-refractivity contribution in [2.45, 2.75) is 46.5 Å². The molecule has 0 aromatic carbocycles. The quantitative estimate of drug-likeness (QED) is 0.511. The van der Waals surface area contributed by atoms with Gasteiger partial charge in [-0.2, -0.15) is 0 Å². The van der Waals surface area contributed by atoms with Gasteiger partial charge in [-0.05, 0) is 44.4 Å². The minimum atomic E-state index is 0. The Labute approximate surface area is 121 Å². The number of aliphatic hydroxyl groups is 1. The molecule has 0 amide bonds. The molecule has 3 heteroatoms. The fourth-order valence-corrected chi connectivity index (χ4v) is 2.26. The first-order chi connectivity index (χ1) is 6.08. The second-order valence-electron chi connectivity index (χ2n) is 4.55. The van der Waals surface area contributed by atoms with Crippen molar-refractivity contribution in [3.05, 3.63) is 17.6 Å². The second kappa shape index (κ2) is 8.08. The van der Waals surface area contributed by atoms with E-state index in [9.17, 15) is 0 Å². The van der Waals surface area contributed by atoms with Gasteiger partial charge < -0.3 is 17.5 Å². The van der Waals surface area contributed by atoms with E-state index in [1.807, 2.05) is 0 Å². The minimum Gasteiger partial charge on any atom is -1.00 e. The molecular formula is C12H21ClHgO. The average molecular weight is 417 g/mol. The van der Waals surface area contributed by atoms with Crippen molar-refractivity contribution in [2.24, 2.45) is 5.41 Å². The van der Waals surface area contributed by atoms with Crippen LogP contribution >= 0.6 is 0 Å². The van der Waals surface area contributed by atoms with Crippen LogP contribution in [0.2, 0.25) is 0 Å². The van der Waals surface area contributed by atoms with Gasteiger partial charge in [0.15, 0.2) is 0 Å². The molecule has 0 saturated heterocycles. The SMILES string of the molecule is CC1=C(CCCO)C(C)(C)[CH]CC1.[Cl-].[Hg+]. The molecule has 0 aromatic rings. The van der Waals surface area contributed by atoms with Gasteiger partial charge in [-0.15, -0.1) is 0 Å². The summed E-state index contributed by atoms with van der Waals surface area (Å²) < 4.78 is 0. The molecule has 0 unspecified atom stereocenters. The van der Waals surface area contributed by atoms with Gasteiger partial charge in [0, 0.05) is 6.61 Å². The Hall–Kier alpha value is 0.925. The van der Waals surface area contributed by atoms with Crippen molar-refractivity contribution in [3.63, 3.8) is 0 Å². The van der Waals surface area contributed by atoms with Crippen LogP contribution in [0.1, 0.15) is 46.5 Å². The van der Waals surface area contributed by atoms with E-state index in [-0.39, 0.29) is 45.5 Å². The summed E-state index contributed by atoms with van der Waals surface area (Å²) in [5.74, 6) is 0. The largest absolute Gasteiger partial charge is 1.00 e. The maximum atomic E-state index is 8.82. The summed E-state index contributed by atoms with van der Waals surface area (Å²) in [5, 5.41) is 8.82. The number of aliphatic hydroxyl groups excluding tert-OH is 1. The van der Waals surface area contributed by atoms with Crippen LogP contribution in [0.25, 0.3) is 0 Å². The van der Waals surface area contributed by atoms with Crippen LogP contribution in [0.15, 0.2) is 11.1 Å². The molecule has 0 bridgehead atoms. The molecule has 0 fully saturated rings. The first-order valence-electron chi connectivity index (χ1n) is 5.22. The summed E-state index contributed by atoms with van der Waals surface area (Å²) in [6.45, 7) is 7.11. The Balaban J connectivity index is 0. The molecule has 84 valence electrons. The molecule has 0 heterocycles. The number of allylic oxidation sites excluding steroid dienone is 2. The average Bonchev–Trinajstić information content (AvgIpc) is 2.02. The Morgan fingerprint density at radius 1 is 1.40 bits per heavy atom. The van der Waals surface area contributed by atoms with E-state index in [0.29, 0.717) is 6.61 Å². The smallest absolute Gasteiger partial charge is 1.00 e. The van der Waals surface area contributed by atoms with Crippen molar-refractivity contribution in [1.29, 1.82) is 0 Å². The number of rotatable bonds is 3. The summed E-state index contributed by atoms with van der Waals surface area (Å²) in [4.78, 5) is 0. The zero-order valence-electron chi connectivity index (χ0n) is 10.1. The van der Waals surface area contributed by atoms with Gasteiger partial charge in [0.25, 0.3) is 0 Å². The van der Waals surface area contributed by atoms with E-state index in [2.05, 4.69) is 27.2 Å². The van der Waals surface area contributed by atoms with E-state index in [1.54, 1.807) is 11.1 Å². The molecule has 1 nitrogen and oxygen atoms in total. The molecule has 0 saturated carbocycles. The van der Waals surface area contributed by atoms with Crippen LogP contribution in [-0.2, 0) is 27.7 Å². The first-order valence-corrected chi connectivity index (χ1v) is 5.22. The molecule has 0 spiro atoms. The summed E-state index contributed by atoms with van der Waals surface area (Å²) in [7, 11) is 0. The molecular weight excluding hydrogens is 396 g/mol. The van der Waals surface area contributed by atoms with E-state index in [1.165, 1.54) is 12.8 Å².